The average Bonchev–Trinajstić information content (AvgIpc) is 3.08. The Labute approximate surface area is 168 Å². The number of hydrogen-bond acceptors (Lipinski definition) is 7. The van der Waals surface area contributed by atoms with E-state index in [9.17, 15) is 10.1 Å². The fourth-order valence-corrected chi connectivity index (χ4v) is 3.32. The Morgan fingerprint density at radius 1 is 1.34 bits per heavy atom. The number of primary amides is 1. The zero-order valence-electron chi connectivity index (χ0n) is 16.3. The highest BCUT2D eigenvalue weighted by molar-refractivity contribution is 5.75. The molecule has 29 heavy (non-hydrogen) atoms. The predicted octanol–water partition coefficient (Wildman–Crippen LogP) is 1.84. The minimum Gasteiger partial charge on any atom is -0.490 e. The number of benzene rings is 1. The number of aromatic amines is 1. The number of ether oxygens (including phenoxy) is 3. The fraction of sp³-hybridized carbons (Fsp3) is 0.350. The number of aromatic nitrogens is 2. The van der Waals surface area contributed by atoms with Crippen molar-refractivity contribution < 1.29 is 19.0 Å². The maximum Gasteiger partial charge on any atom is 0.255 e. The van der Waals surface area contributed by atoms with Crippen LogP contribution in [-0.4, -0.2) is 29.3 Å². The number of carbonyl (C=O) groups excluding carboxylic acids is 1. The molecule has 152 valence electrons. The van der Waals surface area contributed by atoms with Crippen molar-refractivity contribution in [2.75, 3.05) is 13.2 Å². The molecule has 9 nitrogen and oxygen atoms in total. The highest BCUT2D eigenvalue weighted by Crippen LogP contribution is 2.44. The molecule has 0 saturated carbocycles. The van der Waals surface area contributed by atoms with Gasteiger partial charge in [-0.05, 0) is 31.0 Å². The molecule has 0 spiro atoms. The van der Waals surface area contributed by atoms with Crippen LogP contribution in [0.25, 0.3) is 0 Å². The number of nitrogens with zero attached hydrogens (tertiary/aromatic N) is 2. The molecule has 0 aliphatic carbocycles. The van der Waals surface area contributed by atoms with E-state index in [1.807, 2.05) is 6.92 Å². The number of nitriles is 1. The second-order valence-electron chi connectivity index (χ2n) is 6.49. The molecule has 5 N–H and O–H groups in total. The van der Waals surface area contributed by atoms with Crippen molar-refractivity contribution in [3.05, 3.63) is 46.5 Å². The van der Waals surface area contributed by atoms with E-state index < -0.39 is 11.8 Å². The predicted molar refractivity (Wildman–Crippen MR) is 104 cm³/mol. The largest absolute Gasteiger partial charge is 0.490 e. The quantitative estimate of drug-likeness (QED) is 0.615. The molecule has 0 unspecified atom stereocenters. The number of carbonyl (C=O) groups is 1. The lowest BCUT2D eigenvalue weighted by molar-refractivity contribution is -0.119. The zero-order valence-corrected chi connectivity index (χ0v) is 16.3. The molecule has 1 aliphatic rings. The first-order valence-electron chi connectivity index (χ1n) is 9.32. The molecule has 0 saturated heterocycles. The molecular formula is C20H23N5O4. The van der Waals surface area contributed by atoms with Gasteiger partial charge in [0.15, 0.2) is 18.1 Å². The maximum atomic E-state index is 11.1. The molecule has 1 aliphatic heterocycles. The minimum atomic E-state index is -0.587. The SMILES string of the molecule is CCCc1[nH]nc2c1[C@@H](c1ccc(OCC(N)=O)c(OCC)c1)C(C#N)=C(N)O2. The summed E-state index contributed by atoms with van der Waals surface area (Å²) in [6, 6.07) is 7.42. The summed E-state index contributed by atoms with van der Waals surface area (Å²) in [7, 11) is 0. The molecule has 1 atom stereocenters. The van der Waals surface area contributed by atoms with E-state index in [2.05, 4.69) is 23.2 Å². The van der Waals surface area contributed by atoms with Crippen molar-refractivity contribution in [3.8, 4) is 23.4 Å². The van der Waals surface area contributed by atoms with Crippen molar-refractivity contribution in [1.29, 1.82) is 5.26 Å². The molecule has 3 rings (SSSR count). The van der Waals surface area contributed by atoms with Gasteiger partial charge in [0.25, 0.3) is 5.91 Å². The molecular weight excluding hydrogens is 374 g/mol. The van der Waals surface area contributed by atoms with E-state index in [4.69, 9.17) is 25.7 Å². The van der Waals surface area contributed by atoms with Crippen LogP contribution in [0.1, 0.15) is 43.0 Å². The van der Waals surface area contributed by atoms with Crippen LogP contribution in [0.5, 0.6) is 17.4 Å². The third-order valence-corrected chi connectivity index (χ3v) is 4.49. The van der Waals surface area contributed by atoms with Gasteiger partial charge in [-0.25, -0.2) is 0 Å². The summed E-state index contributed by atoms with van der Waals surface area (Å²) < 4.78 is 16.7. The standard InChI is InChI=1S/C20H23N5O4/c1-3-5-13-18-17(12(9-21)19(23)29-20(18)25-24-13)11-6-7-14(28-10-16(22)26)15(8-11)27-4-2/h6-8,17H,3-5,10,23H2,1-2H3,(H2,22,26)(H,24,25)/t17-/m0/s1. The second kappa shape index (κ2) is 8.56. The van der Waals surface area contributed by atoms with Crippen LogP contribution in [0.15, 0.2) is 29.7 Å². The molecule has 2 aromatic rings. The third kappa shape index (κ3) is 3.96. The molecule has 1 aromatic carbocycles. The van der Waals surface area contributed by atoms with Crippen molar-refractivity contribution in [3.63, 3.8) is 0 Å². The van der Waals surface area contributed by atoms with Crippen LogP contribution < -0.4 is 25.7 Å². The summed E-state index contributed by atoms with van der Waals surface area (Å²) in [5, 5.41) is 17.0. The number of nitrogens with one attached hydrogen (secondary N) is 1. The first-order valence-corrected chi connectivity index (χ1v) is 9.32. The van der Waals surface area contributed by atoms with Gasteiger partial charge in [0.2, 0.25) is 11.8 Å². The molecule has 2 heterocycles. The van der Waals surface area contributed by atoms with Gasteiger partial charge in [-0.15, -0.1) is 5.10 Å². The molecule has 9 heteroatoms. The van der Waals surface area contributed by atoms with Crippen LogP contribution in [0.2, 0.25) is 0 Å². The third-order valence-electron chi connectivity index (χ3n) is 4.49. The monoisotopic (exact) mass is 397 g/mol. The van der Waals surface area contributed by atoms with Gasteiger partial charge >= 0.3 is 0 Å². The maximum absolute atomic E-state index is 11.1. The molecule has 0 fully saturated rings. The Hall–Kier alpha value is -3.67. The lowest BCUT2D eigenvalue weighted by Gasteiger charge is -2.25. The number of H-pyrrole nitrogens is 1. The number of rotatable bonds is 8. The highest BCUT2D eigenvalue weighted by Gasteiger charge is 2.35. The number of hydrogen-bond donors (Lipinski definition) is 3. The van der Waals surface area contributed by atoms with E-state index in [0.717, 1.165) is 29.7 Å². The number of fused-ring (bicyclic) bond motifs is 1. The van der Waals surface area contributed by atoms with Gasteiger partial charge in [-0.1, -0.05) is 19.4 Å². The van der Waals surface area contributed by atoms with Crippen molar-refractivity contribution in [2.24, 2.45) is 11.5 Å². The van der Waals surface area contributed by atoms with Crippen LogP contribution >= 0.6 is 0 Å². The zero-order chi connectivity index (χ0) is 21.0. The first kappa shape index (κ1) is 20.1. The molecule has 0 radical (unpaired) electrons. The minimum absolute atomic E-state index is 0.0200. The van der Waals surface area contributed by atoms with Crippen molar-refractivity contribution in [2.45, 2.75) is 32.6 Å². The topological polar surface area (TPSA) is 149 Å². The van der Waals surface area contributed by atoms with Gasteiger partial charge < -0.3 is 25.7 Å². The van der Waals surface area contributed by atoms with Gasteiger partial charge in [-0.2, -0.15) is 5.26 Å². The number of aryl methyl sites for hydroxylation is 1. The Morgan fingerprint density at radius 3 is 2.79 bits per heavy atom. The lowest BCUT2D eigenvalue weighted by Crippen LogP contribution is -2.22. The molecule has 1 amide bonds. The highest BCUT2D eigenvalue weighted by atomic mass is 16.5. The van der Waals surface area contributed by atoms with Gasteiger partial charge in [0.05, 0.1) is 12.5 Å². The smallest absolute Gasteiger partial charge is 0.255 e. The summed E-state index contributed by atoms with van der Waals surface area (Å²) in [5.41, 5.74) is 13.9. The van der Waals surface area contributed by atoms with E-state index in [0.29, 0.717) is 29.6 Å². The number of allylic oxidation sites excluding steroid dienone is 1. The van der Waals surface area contributed by atoms with Gasteiger partial charge in [0.1, 0.15) is 11.6 Å². The summed E-state index contributed by atoms with van der Waals surface area (Å²) in [4.78, 5) is 11.1. The van der Waals surface area contributed by atoms with Crippen LogP contribution in [-0.2, 0) is 11.2 Å². The van der Waals surface area contributed by atoms with E-state index in [-0.39, 0.29) is 12.5 Å². The Kier molecular flexibility index (Phi) is 5.93. The normalized spacial score (nSPS) is 15.3. The van der Waals surface area contributed by atoms with E-state index >= 15 is 0 Å². The summed E-state index contributed by atoms with van der Waals surface area (Å²) in [6.45, 7) is 4.02. The fourth-order valence-electron chi connectivity index (χ4n) is 3.32. The Balaban J connectivity index is 2.10. The summed E-state index contributed by atoms with van der Waals surface area (Å²) >= 11 is 0. The number of nitrogens with two attached hydrogens (primary N) is 2. The van der Waals surface area contributed by atoms with E-state index in [1.165, 1.54) is 0 Å². The van der Waals surface area contributed by atoms with Crippen LogP contribution in [0.4, 0.5) is 0 Å². The molecule has 1 aromatic heterocycles. The van der Waals surface area contributed by atoms with Crippen molar-refractivity contribution >= 4 is 5.91 Å². The van der Waals surface area contributed by atoms with E-state index in [1.54, 1.807) is 18.2 Å². The molecule has 0 bridgehead atoms. The summed E-state index contributed by atoms with van der Waals surface area (Å²) in [6.07, 6.45) is 1.64. The van der Waals surface area contributed by atoms with Crippen LogP contribution in [0.3, 0.4) is 0 Å². The Bertz CT molecular complexity index is 989. The summed E-state index contributed by atoms with van der Waals surface area (Å²) in [5.74, 6) is 0.159. The van der Waals surface area contributed by atoms with Crippen molar-refractivity contribution in [1.82, 2.24) is 10.2 Å². The van der Waals surface area contributed by atoms with Crippen LogP contribution in [0, 0.1) is 11.3 Å². The number of amides is 1. The first-order chi connectivity index (χ1) is 14.0. The van der Waals surface area contributed by atoms with Gasteiger partial charge in [-0.3, -0.25) is 9.89 Å². The Morgan fingerprint density at radius 2 is 2.14 bits per heavy atom. The average molecular weight is 397 g/mol. The lowest BCUT2D eigenvalue weighted by atomic mass is 9.83. The van der Waals surface area contributed by atoms with Gasteiger partial charge in [0, 0.05) is 11.3 Å². The second-order valence-corrected chi connectivity index (χ2v) is 6.49.